The zero-order valence-corrected chi connectivity index (χ0v) is 21.9. The van der Waals surface area contributed by atoms with E-state index < -0.39 is 11.4 Å². The van der Waals surface area contributed by atoms with Crippen molar-refractivity contribution < 1.29 is 23.5 Å². The second-order valence-electron chi connectivity index (χ2n) is 10.5. The van der Waals surface area contributed by atoms with Gasteiger partial charge < -0.3 is 30.4 Å². The summed E-state index contributed by atoms with van der Waals surface area (Å²) in [6.07, 6.45) is 6.51. The minimum Gasteiger partial charge on any atom is -0.492 e. The maximum absolute atomic E-state index is 14.5. The van der Waals surface area contributed by atoms with Crippen molar-refractivity contribution in [2.75, 3.05) is 32.2 Å². The molecule has 0 bridgehead atoms. The minimum atomic E-state index is -0.701. The van der Waals surface area contributed by atoms with Crippen LogP contribution in [0.4, 0.5) is 15.8 Å². The molecule has 3 aliphatic rings. The lowest BCUT2D eigenvalue weighted by molar-refractivity contribution is -0.181. The van der Waals surface area contributed by atoms with E-state index in [-0.39, 0.29) is 23.0 Å². The summed E-state index contributed by atoms with van der Waals surface area (Å²) < 4.78 is 25.2. The molecule has 2 aliphatic heterocycles. The number of para-hydroxylation sites is 1. The number of aromatic amines is 1. The van der Waals surface area contributed by atoms with Gasteiger partial charge in [0.15, 0.2) is 11.6 Å². The number of pyridine rings is 1. The van der Waals surface area contributed by atoms with Gasteiger partial charge in [-0.15, -0.1) is 0 Å². The van der Waals surface area contributed by atoms with Gasteiger partial charge >= 0.3 is 0 Å². The van der Waals surface area contributed by atoms with E-state index in [0.29, 0.717) is 72.8 Å². The van der Waals surface area contributed by atoms with Crippen molar-refractivity contribution in [2.45, 2.75) is 24.8 Å². The molecule has 9 nitrogen and oxygen atoms in total. The highest BCUT2D eigenvalue weighted by molar-refractivity contribution is 6.06. The number of amides is 2. The molecule has 204 valence electrons. The minimum absolute atomic E-state index is 0.0353. The van der Waals surface area contributed by atoms with Crippen LogP contribution in [0.5, 0.6) is 5.75 Å². The maximum Gasteiger partial charge on any atom is 0.255 e. The second-order valence-corrected chi connectivity index (χ2v) is 10.5. The number of anilines is 2. The molecule has 6 rings (SSSR count). The van der Waals surface area contributed by atoms with E-state index in [1.807, 2.05) is 6.07 Å². The monoisotopic (exact) mass is 541 g/mol. The largest absolute Gasteiger partial charge is 0.492 e. The number of halogens is 1. The first-order chi connectivity index (χ1) is 19.4. The number of fused-ring (bicyclic) bond motifs is 1. The quantitative estimate of drug-likeness (QED) is 0.281. The molecule has 2 fully saturated rings. The van der Waals surface area contributed by atoms with Crippen molar-refractivity contribution in [3.05, 3.63) is 72.0 Å². The fourth-order valence-corrected chi connectivity index (χ4v) is 5.87. The topological polar surface area (TPSA) is 117 Å². The van der Waals surface area contributed by atoms with E-state index >= 15 is 0 Å². The zero-order valence-electron chi connectivity index (χ0n) is 21.9. The van der Waals surface area contributed by atoms with Crippen LogP contribution in [0.2, 0.25) is 0 Å². The third-order valence-electron chi connectivity index (χ3n) is 7.64. The smallest absolute Gasteiger partial charge is 0.255 e. The molecule has 4 N–H and O–H groups in total. The van der Waals surface area contributed by atoms with Gasteiger partial charge in [-0.05, 0) is 37.1 Å². The van der Waals surface area contributed by atoms with Crippen molar-refractivity contribution in [3.63, 3.8) is 0 Å². The van der Waals surface area contributed by atoms with Gasteiger partial charge in [-0.2, -0.15) is 0 Å². The average molecular weight is 542 g/mol. The number of carbonyl (C=O) groups is 2. The normalized spacial score (nSPS) is 17.7. The summed E-state index contributed by atoms with van der Waals surface area (Å²) in [5, 5.41) is 9.14. The number of nitrogens with one attached hydrogen (secondary N) is 4. The van der Waals surface area contributed by atoms with Crippen molar-refractivity contribution >= 4 is 23.2 Å². The first-order valence-corrected chi connectivity index (χ1v) is 13.0. The molecule has 2 aromatic heterocycles. The van der Waals surface area contributed by atoms with E-state index in [4.69, 9.17) is 9.47 Å². The number of hydrogen-bond donors (Lipinski definition) is 4. The molecule has 1 aromatic carbocycles. The summed E-state index contributed by atoms with van der Waals surface area (Å²) in [6, 6.07) is 6.37. The van der Waals surface area contributed by atoms with E-state index in [9.17, 15) is 14.0 Å². The molecule has 0 unspecified atom stereocenters. The number of benzene rings is 1. The number of methoxy groups -OCH3 is 1. The van der Waals surface area contributed by atoms with E-state index in [0.717, 1.165) is 5.69 Å². The molecular weight excluding hydrogens is 513 g/mol. The number of nitrogens with zero attached hydrogens (tertiary/aromatic N) is 1. The Morgan fingerprint density at radius 2 is 2.12 bits per heavy atom. The second kappa shape index (κ2) is 9.84. The van der Waals surface area contributed by atoms with Crippen LogP contribution in [0.3, 0.4) is 0 Å². The Labute approximate surface area is 230 Å². The lowest BCUT2D eigenvalue weighted by atomic mass is 9.56. The van der Waals surface area contributed by atoms with Crippen LogP contribution < -0.4 is 20.7 Å². The number of carbonyl (C=O) groups excluding carboxylic acids is 2. The highest BCUT2D eigenvalue weighted by atomic mass is 19.1. The van der Waals surface area contributed by atoms with Crippen LogP contribution in [-0.4, -0.2) is 54.2 Å². The highest BCUT2D eigenvalue weighted by Gasteiger charge is 2.58. The van der Waals surface area contributed by atoms with Crippen LogP contribution in [0.25, 0.3) is 11.3 Å². The van der Waals surface area contributed by atoms with Gasteiger partial charge in [0, 0.05) is 42.0 Å². The van der Waals surface area contributed by atoms with Gasteiger partial charge in [0.05, 0.1) is 48.5 Å². The van der Waals surface area contributed by atoms with Crippen LogP contribution in [-0.2, 0) is 16.0 Å². The highest BCUT2D eigenvalue weighted by Crippen LogP contribution is 2.53. The molecule has 0 radical (unpaired) electrons. The molecule has 1 spiro atoms. The number of rotatable bonds is 6. The molecule has 10 heteroatoms. The van der Waals surface area contributed by atoms with Gasteiger partial charge in [0.1, 0.15) is 5.54 Å². The fourth-order valence-electron chi connectivity index (χ4n) is 5.87. The molecule has 0 atom stereocenters. The van der Waals surface area contributed by atoms with Gasteiger partial charge in [-0.1, -0.05) is 24.5 Å². The fraction of sp³-hybridized carbons (Fsp3) is 0.300. The van der Waals surface area contributed by atoms with Crippen LogP contribution in [0.15, 0.2) is 49.3 Å². The van der Waals surface area contributed by atoms with Gasteiger partial charge in [-0.3, -0.25) is 14.6 Å². The molecule has 1 aliphatic carbocycles. The van der Waals surface area contributed by atoms with E-state index in [2.05, 4.69) is 44.3 Å². The molecule has 40 heavy (non-hydrogen) atoms. The SMILES string of the molecule is C=CC(=O)NC1(C#Cc2cnccc2-c2[nH]c3c(c2Nc2cccc(F)c2OC)C(=O)NCC3)CC2(COC2)C1. The molecule has 2 amide bonds. The Morgan fingerprint density at radius 3 is 2.85 bits per heavy atom. The van der Waals surface area contributed by atoms with Gasteiger partial charge in [0.25, 0.3) is 5.91 Å². The van der Waals surface area contributed by atoms with E-state index in [1.54, 1.807) is 24.5 Å². The third kappa shape index (κ3) is 4.38. The number of ether oxygens (including phenoxy) is 2. The van der Waals surface area contributed by atoms with Gasteiger partial charge in [-0.25, -0.2) is 4.39 Å². The number of hydrogen-bond acceptors (Lipinski definition) is 6. The zero-order chi connectivity index (χ0) is 27.9. The molecule has 4 heterocycles. The molecule has 1 saturated carbocycles. The lowest BCUT2D eigenvalue weighted by Crippen LogP contribution is -2.67. The van der Waals surface area contributed by atoms with Crippen LogP contribution in [0, 0.1) is 23.1 Å². The summed E-state index contributed by atoms with van der Waals surface area (Å²) in [5.41, 5.74) is 3.33. The Hall–Kier alpha value is -4.62. The first kappa shape index (κ1) is 25.6. The first-order valence-electron chi connectivity index (χ1n) is 13.0. The van der Waals surface area contributed by atoms with Crippen molar-refractivity contribution in [2.24, 2.45) is 5.41 Å². The van der Waals surface area contributed by atoms with Crippen molar-refractivity contribution in [3.8, 4) is 28.8 Å². The predicted octanol–water partition coefficient (Wildman–Crippen LogP) is 3.46. The number of aromatic nitrogens is 2. The summed E-state index contributed by atoms with van der Waals surface area (Å²) in [7, 11) is 1.39. The van der Waals surface area contributed by atoms with Gasteiger partial charge in [0.2, 0.25) is 5.91 Å². The Morgan fingerprint density at radius 1 is 1.30 bits per heavy atom. The van der Waals surface area contributed by atoms with E-state index in [1.165, 1.54) is 19.3 Å². The number of H-pyrrole nitrogens is 1. The molecule has 1 saturated heterocycles. The summed E-state index contributed by atoms with van der Waals surface area (Å²) >= 11 is 0. The summed E-state index contributed by atoms with van der Waals surface area (Å²) in [6.45, 7) is 5.39. The lowest BCUT2D eigenvalue weighted by Gasteiger charge is -2.58. The molecule has 3 aromatic rings. The summed E-state index contributed by atoms with van der Waals surface area (Å²) in [5.74, 6) is 5.54. The Kier molecular flexibility index (Phi) is 6.31. The Bertz CT molecular complexity index is 1590. The van der Waals surface area contributed by atoms with Crippen LogP contribution >= 0.6 is 0 Å². The van der Waals surface area contributed by atoms with Crippen molar-refractivity contribution in [1.29, 1.82) is 0 Å². The standard InChI is InChI=1S/C30H28FN5O4/c1-3-23(37)36-30(14-29(15-30)16-40-17-29)10-7-18-13-32-11-8-19(18)25-26(24-21(34-25)9-12-33-28(24)38)35-22-6-4-5-20(31)27(22)39-2/h3-6,8,11,13,34-35H,1,9,12,14-17H2,2H3,(H,33,38)(H,36,37). The average Bonchev–Trinajstić information content (AvgIpc) is 3.28. The summed E-state index contributed by atoms with van der Waals surface area (Å²) in [4.78, 5) is 32.9. The molecular formula is C30H28FN5O4. The van der Waals surface area contributed by atoms with Crippen LogP contribution in [0.1, 0.15) is 34.5 Å². The Balaban J connectivity index is 1.43. The third-order valence-corrected chi connectivity index (χ3v) is 7.64. The maximum atomic E-state index is 14.5. The van der Waals surface area contributed by atoms with Crippen molar-refractivity contribution in [1.82, 2.24) is 20.6 Å². The predicted molar refractivity (Wildman–Crippen MR) is 147 cm³/mol.